The summed E-state index contributed by atoms with van der Waals surface area (Å²) in [4.78, 5) is 22.1. The van der Waals surface area contributed by atoms with Crippen molar-refractivity contribution in [3.05, 3.63) is 82.4 Å². The van der Waals surface area contributed by atoms with Gasteiger partial charge in [-0.15, -0.1) is 0 Å². The average Bonchev–Trinajstić information content (AvgIpc) is 2.67. The quantitative estimate of drug-likeness (QED) is 0.464. The van der Waals surface area contributed by atoms with Crippen molar-refractivity contribution in [1.82, 2.24) is 4.72 Å². The van der Waals surface area contributed by atoms with Crippen molar-refractivity contribution < 1.29 is 18.1 Å². The third kappa shape index (κ3) is 4.33. The summed E-state index contributed by atoms with van der Waals surface area (Å²) in [5, 5.41) is 12.5. The van der Waals surface area contributed by atoms with Gasteiger partial charge < -0.3 is 5.73 Å². The molecule has 0 heterocycles. The molecule has 3 N–H and O–H groups in total. The fraction of sp³-hybridized carbons (Fsp3) is 0.105. The third-order valence-electron chi connectivity index (χ3n) is 4.23. The Bertz CT molecular complexity index is 1160. The molecule has 0 aromatic heterocycles. The predicted molar refractivity (Wildman–Crippen MR) is 104 cm³/mol. The molecule has 144 valence electrons. The monoisotopic (exact) mass is 399 g/mol. The van der Waals surface area contributed by atoms with Crippen molar-refractivity contribution in [1.29, 1.82) is 0 Å². The van der Waals surface area contributed by atoms with Crippen LogP contribution in [-0.4, -0.2) is 25.3 Å². The maximum absolute atomic E-state index is 12.7. The maximum Gasteiger partial charge on any atom is 0.269 e. The Morgan fingerprint density at radius 1 is 1.04 bits per heavy atom. The van der Waals surface area contributed by atoms with Crippen molar-refractivity contribution in [2.24, 2.45) is 5.73 Å². The van der Waals surface area contributed by atoms with Crippen molar-refractivity contribution in [2.45, 2.75) is 17.4 Å². The molecule has 1 unspecified atom stereocenters. The molecule has 0 bridgehead atoms. The van der Waals surface area contributed by atoms with Gasteiger partial charge in [0.2, 0.25) is 15.9 Å². The SMILES string of the molecule is NC(=O)C(Cc1cccc([N+](=O)[O-])c1)NS(=O)(=O)c1ccc2ccccc2c1. The van der Waals surface area contributed by atoms with Gasteiger partial charge in [-0.05, 0) is 34.9 Å². The number of hydrogen-bond acceptors (Lipinski definition) is 5. The van der Waals surface area contributed by atoms with Gasteiger partial charge in [-0.3, -0.25) is 14.9 Å². The first kappa shape index (κ1) is 19.5. The van der Waals surface area contributed by atoms with Crippen LogP contribution in [0.5, 0.6) is 0 Å². The van der Waals surface area contributed by atoms with Crippen molar-refractivity contribution in [2.75, 3.05) is 0 Å². The Hall–Kier alpha value is -3.30. The number of fused-ring (bicyclic) bond motifs is 1. The molecule has 0 aliphatic rings. The number of sulfonamides is 1. The molecular formula is C19H17N3O5S. The van der Waals surface area contributed by atoms with Gasteiger partial charge in [0.15, 0.2) is 0 Å². The lowest BCUT2D eigenvalue weighted by Gasteiger charge is -2.16. The molecule has 0 saturated carbocycles. The summed E-state index contributed by atoms with van der Waals surface area (Å²) in [5.74, 6) is -0.879. The normalized spacial score (nSPS) is 12.6. The summed E-state index contributed by atoms with van der Waals surface area (Å²) >= 11 is 0. The van der Waals surface area contributed by atoms with E-state index < -0.39 is 26.9 Å². The number of carbonyl (C=O) groups is 1. The van der Waals surface area contributed by atoms with Crippen LogP contribution in [0.25, 0.3) is 10.8 Å². The fourth-order valence-corrected chi connectivity index (χ4v) is 4.06. The van der Waals surface area contributed by atoms with Crippen LogP contribution in [0.1, 0.15) is 5.56 Å². The summed E-state index contributed by atoms with van der Waals surface area (Å²) in [7, 11) is -4.03. The van der Waals surface area contributed by atoms with Gasteiger partial charge in [0.25, 0.3) is 5.69 Å². The van der Waals surface area contributed by atoms with Gasteiger partial charge in [0, 0.05) is 12.1 Å². The summed E-state index contributed by atoms with van der Waals surface area (Å²) in [5.41, 5.74) is 5.62. The minimum atomic E-state index is -4.03. The summed E-state index contributed by atoms with van der Waals surface area (Å²) < 4.78 is 27.8. The number of hydrogen-bond donors (Lipinski definition) is 2. The van der Waals surface area contributed by atoms with Crippen LogP contribution < -0.4 is 10.5 Å². The highest BCUT2D eigenvalue weighted by Crippen LogP contribution is 2.20. The molecule has 1 atom stereocenters. The van der Waals surface area contributed by atoms with E-state index in [2.05, 4.69) is 4.72 Å². The first-order valence-corrected chi connectivity index (χ1v) is 9.78. The van der Waals surface area contributed by atoms with Crippen LogP contribution in [0.2, 0.25) is 0 Å². The Morgan fingerprint density at radius 2 is 1.75 bits per heavy atom. The molecule has 0 aliphatic heterocycles. The number of non-ortho nitro benzene ring substituents is 1. The minimum Gasteiger partial charge on any atom is -0.368 e. The third-order valence-corrected chi connectivity index (χ3v) is 5.70. The van der Waals surface area contributed by atoms with Crippen LogP contribution in [0.15, 0.2) is 71.6 Å². The van der Waals surface area contributed by atoms with E-state index in [1.54, 1.807) is 24.3 Å². The minimum absolute atomic E-state index is 0.00325. The van der Waals surface area contributed by atoms with Crippen LogP contribution in [0.3, 0.4) is 0 Å². The van der Waals surface area contributed by atoms with E-state index in [1.165, 1.54) is 30.3 Å². The zero-order valence-electron chi connectivity index (χ0n) is 14.6. The lowest BCUT2D eigenvalue weighted by Crippen LogP contribution is -2.45. The number of nitrogens with zero attached hydrogens (tertiary/aromatic N) is 1. The van der Waals surface area contributed by atoms with Gasteiger partial charge >= 0.3 is 0 Å². The van der Waals surface area contributed by atoms with Crippen LogP contribution in [0, 0.1) is 10.1 Å². The molecule has 1 amide bonds. The topological polar surface area (TPSA) is 132 Å². The molecule has 0 saturated heterocycles. The molecule has 0 spiro atoms. The molecule has 0 aliphatic carbocycles. The summed E-state index contributed by atoms with van der Waals surface area (Å²) in [6, 6.07) is 16.2. The van der Waals surface area contributed by atoms with E-state index in [9.17, 15) is 23.3 Å². The number of nitro groups is 1. The lowest BCUT2D eigenvalue weighted by atomic mass is 10.1. The number of nitro benzene ring substituents is 1. The first-order valence-electron chi connectivity index (χ1n) is 8.30. The fourth-order valence-electron chi connectivity index (χ4n) is 2.82. The number of nitrogens with one attached hydrogen (secondary N) is 1. The van der Waals surface area contributed by atoms with E-state index in [1.807, 2.05) is 12.1 Å². The molecule has 3 aromatic rings. The van der Waals surface area contributed by atoms with Crippen LogP contribution >= 0.6 is 0 Å². The molecule has 3 rings (SSSR count). The number of benzene rings is 3. The zero-order valence-corrected chi connectivity index (χ0v) is 15.4. The molecule has 3 aromatic carbocycles. The highest BCUT2D eigenvalue weighted by atomic mass is 32.2. The molecule has 9 heteroatoms. The highest BCUT2D eigenvalue weighted by Gasteiger charge is 2.25. The van der Waals surface area contributed by atoms with E-state index in [0.717, 1.165) is 10.8 Å². The van der Waals surface area contributed by atoms with Crippen molar-refractivity contribution >= 4 is 32.4 Å². The van der Waals surface area contributed by atoms with E-state index in [0.29, 0.717) is 5.56 Å². The Kier molecular flexibility index (Phi) is 5.39. The Labute approximate surface area is 161 Å². The number of primary amides is 1. The van der Waals surface area contributed by atoms with E-state index in [4.69, 9.17) is 5.73 Å². The molecular weight excluding hydrogens is 382 g/mol. The highest BCUT2D eigenvalue weighted by molar-refractivity contribution is 7.89. The second-order valence-corrected chi connectivity index (χ2v) is 7.93. The summed E-state index contributed by atoms with van der Waals surface area (Å²) in [6.45, 7) is 0. The molecule has 0 fully saturated rings. The maximum atomic E-state index is 12.7. The molecule has 8 nitrogen and oxygen atoms in total. The van der Waals surface area contributed by atoms with Crippen molar-refractivity contribution in [3.8, 4) is 0 Å². The second kappa shape index (κ2) is 7.75. The smallest absolute Gasteiger partial charge is 0.269 e. The standard InChI is InChI=1S/C19H17N3O5S/c20-19(23)18(11-13-4-3-7-16(10-13)22(24)25)21-28(26,27)17-9-8-14-5-1-2-6-15(14)12-17/h1-10,12,18,21H,11H2,(H2,20,23). The largest absolute Gasteiger partial charge is 0.368 e. The first-order chi connectivity index (χ1) is 13.3. The predicted octanol–water partition coefficient (Wildman–Crippen LogP) is 2.12. The van der Waals surface area contributed by atoms with Gasteiger partial charge in [-0.1, -0.05) is 42.5 Å². The van der Waals surface area contributed by atoms with Crippen LogP contribution in [-0.2, 0) is 21.2 Å². The number of rotatable bonds is 7. The van der Waals surface area contributed by atoms with Crippen LogP contribution in [0.4, 0.5) is 5.69 Å². The van der Waals surface area contributed by atoms with Gasteiger partial charge in [0.05, 0.1) is 9.82 Å². The number of carbonyl (C=O) groups excluding carboxylic acids is 1. The molecule has 0 radical (unpaired) electrons. The van der Waals surface area contributed by atoms with Gasteiger partial charge in [-0.2, -0.15) is 4.72 Å². The Morgan fingerprint density at radius 3 is 2.43 bits per heavy atom. The average molecular weight is 399 g/mol. The second-order valence-electron chi connectivity index (χ2n) is 6.22. The van der Waals surface area contributed by atoms with Gasteiger partial charge in [-0.25, -0.2) is 8.42 Å². The van der Waals surface area contributed by atoms with E-state index >= 15 is 0 Å². The molecule has 28 heavy (non-hydrogen) atoms. The lowest BCUT2D eigenvalue weighted by molar-refractivity contribution is -0.384. The van der Waals surface area contributed by atoms with Crippen molar-refractivity contribution in [3.63, 3.8) is 0 Å². The Balaban J connectivity index is 1.87. The number of nitrogens with two attached hydrogens (primary N) is 1. The summed E-state index contributed by atoms with van der Waals surface area (Å²) in [6.07, 6.45) is -0.107. The van der Waals surface area contributed by atoms with Gasteiger partial charge in [0.1, 0.15) is 6.04 Å². The number of amides is 1. The zero-order chi connectivity index (χ0) is 20.3. The van der Waals surface area contributed by atoms with E-state index in [-0.39, 0.29) is 17.0 Å².